The molecular formula is C16H25N3O3S. The van der Waals surface area contributed by atoms with E-state index in [1.54, 1.807) is 0 Å². The zero-order valence-electron chi connectivity index (χ0n) is 14.2. The molecule has 1 fully saturated rings. The number of rotatable bonds is 4. The third kappa shape index (κ3) is 4.10. The first kappa shape index (κ1) is 17.9. The molecule has 0 unspecified atom stereocenters. The Morgan fingerprint density at radius 2 is 1.78 bits per heavy atom. The van der Waals surface area contributed by atoms with Crippen LogP contribution in [0.2, 0.25) is 0 Å². The normalized spacial score (nSPS) is 17.4. The fraction of sp³-hybridized carbons (Fsp3) is 0.562. The second kappa shape index (κ2) is 6.98. The molecule has 6 nitrogen and oxygen atoms in total. The van der Waals surface area contributed by atoms with Gasteiger partial charge < -0.3 is 5.32 Å². The fourth-order valence-electron chi connectivity index (χ4n) is 2.61. The minimum Gasteiger partial charge on any atom is -0.349 e. The molecule has 23 heavy (non-hydrogen) atoms. The Labute approximate surface area is 138 Å². The van der Waals surface area contributed by atoms with E-state index in [0.717, 1.165) is 11.1 Å². The van der Waals surface area contributed by atoms with Gasteiger partial charge >= 0.3 is 0 Å². The lowest BCUT2D eigenvalue weighted by Gasteiger charge is -2.33. The third-order valence-electron chi connectivity index (χ3n) is 4.35. The van der Waals surface area contributed by atoms with Gasteiger partial charge in [0.2, 0.25) is 0 Å². The van der Waals surface area contributed by atoms with Crippen molar-refractivity contribution in [2.75, 3.05) is 27.2 Å². The van der Waals surface area contributed by atoms with Gasteiger partial charge in [-0.2, -0.15) is 17.0 Å². The lowest BCUT2D eigenvalue weighted by Crippen LogP contribution is -2.49. The largest absolute Gasteiger partial charge is 0.349 e. The van der Waals surface area contributed by atoms with E-state index in [1.165, 1.54) is 22.7 Å². The highest BCUT2D eigenvalue weighted by Gasteiger charge is 2.30. The number of benzene rings is 1. The van der Waals surface area contributed by atoms with Gasteiger partial charge in [-0.1, -0.05) is 6.07 Å². The van der Waals surface area contributed by atoms with Crippen LogP contribution in [0.15, 0.2) is 18.2 Å². The molecule has 1 aliphatic heterocycles. The first-order valence-electron chi connectivity index (χ1n) is 7.77. The summed E-state index contributed by atoms with van der Waals surface area (Å²) in [5.41, 5.74) is 2.89. The molecule has 0 aromatic heterocycles. The monoisotopic (exact) mass is 339 g/mol. The van der Waals surface area contributed by atoms with E-state index in [9.17, 15) is 13.2 Å². The van der Waals surface area contributed by atoms with Gasteiger partial charge in [-0.05, 0) is 49.9 Å². The summed E-state index contributed by atoms with van der Waals surface area (Å²) in [5, 5.41) is 3.01. The molecule has 1 saturated heterocycles. The second-order valence-electron chi connectivity index (χ2n) is 6.24. The van der Waals surface area contributed by atoms with E-state index in [2.05, 4.69) is 5.32 Å². The summed E-state index contributed by atoms with van der Waals surface area (Å²) in [5.74, 6) is -0.0954. The van der Waals surface area contributed by atoms with Crippen LogP contribution in [0.4, 0.5) is 0 Å². The minimum atomic E-state index is -3.36. The zero-order chi connectivity index (χ0) is 17.2. The molecule has 1 N–H and O–H groups in total. The number of carbonyl (C=O) groups excluding carboxylic acids is 1. The van der Waals surface area contributed by atoms with Crippen LogP contribution < -0.4 is 5.32 Å². The van der Waals surface area contributed by atoms with E-state index in [4.69, 9.17) is 0 Å². The highest BCUT2D eigenvalue weighted by Crippen LogP contribution is 2.16. The second-order valence-corrected chi connectivity index (χ2v) is 8.38. The van der Waals surface area contributed by atoms with Gasteiger partial charge in [0, 0.05) is 38.8 Å². The highest BCUT2D eigenvalue weighted by molar-refractivity contribution is 7.86. The number of nitrogens with zero attached hydrogens (tertiary/aromatic N) is 2. The summed E-state index contributed by atoms with van der Waals surface area (Å²) in [6.45, 7) is 4.85. The van der Waals surface area contributed by atoms with Crippen molar-refractivity contribution in [1.82, 2.24) is 13.9 Å². The van der Waals surface area contributed by atoms with Gasteiger partial charge in [-0.25, -0.2) is 0 Å². The van der Waals surface area contributed by atoms with Crippen LogP contribution in [0.5, 0.6) is 0 Å². The van der Waals surface area contributed by atoms with Gasteiger partial charge in [0.25, 0.3) is 16.1 Å². The van der Waals surface area contributed by atoms with Crippen molar-refractivity contribution in [3.8, 4) is 0 Å². The van der Waals surface area contributed by atoms with Crippen molar-refractivity contribution >= 4 is 16.1 Å². The maximum Gasteiger partial charge on any atom is 0.281 e. The van der Waals surface area contributed by atoms with E-state index in [-0.39, 0.29) is 11.9 Å². The lowest BCUT2D eigenvalue weighted by atomic mass is 10.0. The predicted molar refractivity (Wildman–Crippen MR) is 90.6 cm³/mol. The van der Waals surface area contributed by atoms with Crippen LogP contribution in [0.1, 0.15) is 34.3 Å². The average Bonchev–Trinajstić information content (AvgIpc) is 2.50. The van der Waals surface area contributed by atoms with E-state index in [1.807, 2.05) is 32.0 Å². The maximum absolute atomic E-state index is 12.3. The number of amides is 1. The number of carbonyl (C=O) groups is 1. The Kier molecular flexibility index (Phi) is 5.44. The van der Waals surface area contributed by atoms with Gasteiger partial charge in [0.1, 0.15) is 0 Å². The molecule has 0 bridgehead atoms. The summed E-state index contributed by atoms with van der Waals surface area (Å²) in [6.07, 6.45) is 1.26. The van der Waals surface area contributed by atoms with Crippen LogP contribution in [-0.2, 0) is 10.2 Å². The first-order valence-corrected chi connectivity index (χ1v) is 9.17. The SMILES string of the molecule is Cc1ccc(C(=O)NC2CCN(S(=O)(=O)N(C)C)CC2)cc1C. The van der Waals surface area contributed by atoms with Crippen LogP contribution in [0, 0.1) is 13.8 Å². The molecular weight excluding hydrogens is 314 g/mol. The molecule has 1 aromatic rings. The Hall–Kier alpha value is -1.44. The van der Waals surface area contributed by atoms with Crippen molar-refractivity contribution in [1.29, 1.82) is 0 Å². The highest BCUT2D eigenvalue weighted by atomic mass is 32.2. The molecule has 0 radical (unpaired) electrons. The number of nitrogens with one attached hydrogen (secondary N) is 1. The van der Waals surface area contributed by atoms with Crippen LogP contribution in [-0.4, -0.2) is 56.2 Å². The zero-order valence-corrected chi connectivity index (χ0v) is 15.0. The van der Waals surface area contributed by atoms with E-state index >= 15 is 0 Å². The number of piperidine rings is 1. The minimum absolute atomic E-state index is 0.0118. The molecule has 0 spiro atoms. The fourth-order valence-corrected chi connectivity index (χ4v) is 3.75. The quantitative estimate of drug-likeness (QED) is 0.899. The molecule has 7 heteroatoms. The van der Waals surface area contributed by atoms with E-state index < -0.39 is 10.2 Å². The standard InChI is InChI=1S/C16H25N3O3S/c1-12-5-6-14(11-13(12)2)16(20)17-15-7-9-19(10-8-15)23(21,22)18(3)4/h5-6,11,15H,7-10H2,1-4H3,(H,17,20). The molecule has 0 saturated carbocycles. The third-order valence-corrected chi connectivity index (χ3v) is 6.29. The van der Waals surface area contributed by atoms with Crippen molar-refractivity contribution in [3.63, 3.8) is 0 Å². The van der Waals surface area contributed by atoms with Crippen molar-refractivity contribution in [3.05, 3.63) is 34.9 Å². The van der Waals surface area contributed by atoms with Crippen LogP contribution >= 0.6 is 0 Å². The molecule has 0 aliphatic carbocycles. The van der Waals surface area contributed by atoms with Crippen molar-refractivity contribution in [2.45, 2.75) is 32.7 Å². The molecule has 1 aliphatic rings. The molecule has 1 aromatic carbocycles. The van der Waals surface area contributed by atoms with Crippen LogP contribution in [0.3, 0.4) is 0 Å². The molecule has 128 valence electrons. The van der Waals surface area contributed by atoms with E-state index in [0.29, 0.717) is 31.5 Å². The molecule has 1 amide bonds. The predicted octanol–water partition coefficient (Wildman–Crippen LogP) is 1.30. The van der Waals surface area contributed by atoms with Gasteiger partial charge in [0.15, 0.2) is 0 Å². The van der Waals surface area contributed by atoms with Crippen molar-refractivity contribution in [2.24, 2.45) is 0 Å². The molecule has 0 atom stereocenters. The summed E-state index contributed by atoms with van der Waals surface area (Å²) in [7, 11) is -0.299. The average molecular weight is 339 g/mol. The Morgan fingerprint density at radius 1 is 1.17 bits per heavy atom. The Morgan fingerprint density at radius 3 is 2.30 bits per heavy atom. The van der Waals surface area contributed by atoms with Gasteiger partial charge in [-0.15, -0.1) is 0 Å². The van der Waals surface area contributed by atoms with Crippen molar-refractivity contribution < 1.29 is 13.2 Å². The Balaban J connectivity index is 1.94. The number of hydrogen-bond donors (Lipinski definition) is 1. The maximum atomic E-state index is 12.3. The number of aryl methyl sites for hydroxylation is 2. The van der Waals surface area contributed by atoms with Gasteiger partial charge in [-0.3, -0.25) is 4.79 Å². The summed E-state index contributed by atoms with van der Waals surface area (Å²) in [6, 6.07) is 5.66. The van der Waals surface area contributed by atoms with Gasteiger partial charge in [0.05, 0.1) is 0 Å². The number of hydrogen-bond acceptors (Lipinski definition) is 3. The lowest BCUT2D eigenvalue weighted by molar-refractivity contribution is 0.0923. The summed E-state index contributed by atoms with van der Waals surface area (Å²) < 4.78 is 26.8. The Bertz CT molecular complexity index is 678. The van der Waals surface area contributed by atoms with Crippen LogP contribution in [0.25, 0.3) is 0 Å². The smallest absolute Gasteiger partial charge is 0.281 e. The topological polar surface area (TPSA) is 69.7 Å². The molecule has 2 rings (SSSR count). The first-order chi connectivity index (χ1) is 10.7. The summed E-state index contributed by atoms with van der Waals surface area (Å²) >= 11 is 0. The summed E-state index contributed by atoms with van der Waals surface area (Å²) in [4.78, 5) is 12.3. The molecule has 1 heterocycles.